The highest BCUT2D eigenvalue weighted by Gasteiger charge is 2.37. The molecular weight excluding hydrogens is 326 g/mol. The van der Waals surface area contributed by atoms with Crippen molar-refractivity contribution in [1.82, 2.24) is 14.9 Å². The van der Waals surface area contributed by atoms with E-state index in [1.54, 1.807) is 6.20 Å². The van der Waals surface area contributed by atoms with Crippen molar-refractivity contribution in [2.24, 2.45) is 11.8 Å². The standard InChI is InChI=1S/C18H27N3S.ClH/c1-2-3-4-5-6-16-17(20-10-9-19-16)18(22)15-13-21-11-7-14(15)8-12-21;/h9-10,14-15H,2-8,11-13H2,1H3;1H. The zero-order valence-corrected chi connectivity index (χ0v) is 15.7. The Kier molecular flexibility index (Phi) is 7.38. The van der Waals surface area contributed by atoms with Gasteiger partial charge in [-0.15, -0.1) is 12.4 Å². The Morgan fingerprint density at radius 1 is 1.17 bits per heavy atom. The normalized spacial score (nSPS) is 25.9. The monoisotopic (exact) mass is 353 g/mol. The van der Waals surface area contributed by atoms with Gasteiger partial charge in [0.25, 0.3) is 0 Å². The number of unbranched alkanes of at least 4 members (excludes halogenated alkanes) is 3. The lowest BCUT2D eigenvalue weighted by Crippen LogP contribution is -2.50. The third-order valence-electron chi connectivity index (χ3n) is 5.27. The van der Waals surface area contributed by atoms with Crippen molar-refractivity contribution in [1.29, 1.82) is 0 Å². The third kappa shape index (κ3) is 4.49. The summed E-state index contributed by atoms with van der Waals surface area (Å²) in [5.41, 5.74) is 2.15. The van der Waals surface area contributed by atoms with Crippen LogP contribution in [0.3, 0.4) is 0 Å². The number of hydrogen-bond donors (Lipinski definition) is 0. The second-order valence-corrected chi connectivity index (χ2v) is 7.21. The van der Waals surface area contributed by atoms with Crippen LogP contribution in [0.5, 0.6) is 0 Å². The van der Waals surface area contributed by atoms with Crippen molar-refractivity contribution in [2.75, 3.05) is 19.6 Å². The lowest BCUT2D eigenvalue weighted by atomic mass is 9.76. The van der Waals surface area contributed by atoms with Crippen molar-refractivity contribution >= 4 is 29.5 Å². The summed E-state index contributed by atoms with van der Waals surface area (Å²) in [7, 11) is 0. The second kappa shape index (κ2) is 9.05. The molecule has 3 nitrogen and oxygen atoms in total. The van der Waals surface area contributed by atoms with Crippen LogP contribution in [0.4, 0.5) is 0 Å². The van der Waals surface area contributed by atoms with E-state index >= 15 is 0 Å². The SMILES string of the molecule is CCCCCCc1nccnc1C(=S)C1CN2CCC1CC2.Cl. The van der Waals surface area contributed by atoms with E-state index in [0.29, 0.717) is 5.92 Å². The summed E-state index contributed by atoms with van der Waals surface area (Å²) in [6.07, 6.45) is 12.3. The predicted molar refractivity (Wildman–Crippen MR) is 101 cm³/mol. The Labute approximate surface area is 151 Å². The molecule has 1 atom stereocenters. The summed E-state index contributed by atoms with van der Waals surface area (Å²) in [6, 6.07) is 0. The molecule has 0 radical (unpaired) electrons. The maximum atomic E-state index is 5.86. The van der Waals surface area contributed by atoms with Crippen molar-refractivity contribution in [3.05, 3.63) is 23.8 Å². The molecule has 0 amide bonds. The van der Waals surface area contributed by atoms with E-state index < -0.39 is 0 Å². The topological polar surface area (TPSA) is 29.0 Å². The molecular formula is C18H28ClN3S. The van der Waals surface area contributed by atoms with Gasteiger partial charge in [0.05, 0.1) is 11.4 Å². The van der Waals surface area contributed by atoms with Crippen LogP contribution in [0.25, 0.3) is 0 Å². The van der Waals surface area contributed by atoms with Gasteiger partial charge in [-0.2, -0.15) is 0 Å². The molecule has 0 spiro atoms. The number of thiocarbonyl (C=S) groups is 1. The first-order chi connectivity index (χ1) is 10.8. The van der Waals surface area contributed by atoms with Crippen molar-refractivity contribution < 1.29 is 0 Å². The lowest BCUT2D eigenvalue weighted by molar-refractivity contribution is 0.0832. The lowest BCUT2D eigenvalue weighted by Gasteiger charge is -2.45. The molecule has 23 heavy (non-hydrogen) atoms. The van der Waals surface area contributed by atoms with Crippen LogP contribution in [0.15, 0.2) is 12.4 Å². The van der Waals surface area contributed by atoms with Crippen LogP contribution in [0.2, 0.25) is 0 Å². The van der Waals surface area contributed by atoms with Crippen LogP contribution in [-0.4, -0.2) is 39.4 Å². The fourth-order valence-electron chi connectivity index (χ4n) is 3.91. The van der Waals surface area contributed by atoms with E-state index in [1.165, 1.54) is 51.6 Å². The maximum Gasteiger partial charge on any atom is 0.0987 e. The number of aromatic nitrogens is 2. The molecule has 3 aliphatic rings. The molecule has 0 N–H and O–H groups in total. The molecule has 3 fully saturated rings. The van der Waals surface area contributed by atoms with E-state index in [4.69, 9.17) is 12.2 Å². The minimum atomic E-state index is 0. The third-order valence-corrected chi connectivity index (χ3v) is 5.76. The van der Waals surface area contributed by atoms with E-state index in [9.17, 15) is 0 Å². The molecule has 0 aromatic carbocycles. The van der Waals surface area contributed by atoms with Crippen molar-refractivity contribution in [3.63, 3.8) is 0 Å². The van der Waals surface area contributed by atoms with Gasteiger partial charge in [-0.3, -0.25) is 9.97 Å². The number of piperidine rings is 3. The molecule has 0 saturated carbocycles. The number of hydrogen-bond acceptors (Lipinski definition) is 4. The van der Waals surface area contributed by atoms with Gasteiger partial charge in [0, 0.05) is 29.7 Å². The maximum absolute atomic E-state index is 5.86. The molecule has 3 aliphatic heterocycles. The predicted octanol–water partition coefficient (Wildman–Crippen LogP) is 4.08. The van der Waals surface area contributed by atoms with Crippen molar-refractivity contribution in [2.45, 2.75) is 51.9 Å². The second-order valence-electron chi connectivity index (χ2n) is 6.77. The molecule has 1 unspecified atom stereocenters. The summed E-state index contributed by atoms with van der Waals surface area (Å²) >= 11 is 5.86. The molecule has 128 valence electrons. The van der Waals surface area contributed by atoms with Crippen LogP contribution < -0.4 is 0 Å². The summed E-state index contributed by atoms with van der Waals surface area (Å²) in [5, 5.41) is 0. The molecule has 0 aliphatic carbocycles. The highest BCUT2D eigenvalue weighted by atomic mass is 35.5. The molecule has 4 rings (SSSR count). The van der Waals surface area contributed by atoms with Gasteiger partial charge in [-0.05, 0) is 44.7 Å². The zero-order valence-electron chi connectivity index (χ0n) is 14.0. The number of rotatable bonds is 7. The first kappa shape index (κ1) is 18.8. The van der Waals surface area contributed by atoms with Gasteiger partial charge in [-0.25, -0.2) is 0 Å². The van der Waals surface area contributed by atoms with Crippen LogP contribution in [-0.2, 0) is 6.42 Å². The van der Waals surface area contributed by atoms with Crippen molar-refractivity contribution in [3.8, 4) is 0 Å². The first-order valence-electron chi connectivity index (χ1n) is 8.86. The molecule has 5 heteroatoms. The molecule has 3 saturated heterocycles. The van der Waals surface area contributed by atoms with Gasteiger partial charge in [-0.1, -0.05) is 38.4 Å². The van der Waals surface area contributed by atoms with Gasteiger partial charge in [0.15, 0.2) is 0 Å². The van der Waals surface area contributed by atoms with Gasteiger partial charge in [0.2, 0.25) is 0 Å². The largest absolute Gasteiger partial charge is 0.303 e. The first-order valence-corrected chi connectivity index (χ1v) is 9.27. The van der Waals surface area contributed by atoms with Crippen LogP contribution in [0.1, 0.15) is 56.8 Å². The quantitative estimate of drug-likeness (QED) is 0.419. The van der Waals surface area contributed by atoms with Crippen LogP contribution >= 0.6 is 24.6 Å². The Morgan fingerprint density at radius 3 is 2.57 bits per heavy atom. The molecule has 4 heterocycles. The molecule has 1 aromatic rings. The van der Waals surface area contributed by atoms with E-state index in [-0.39, 0.29) is 12.4 Å². The summed E-state index contributed by atoms with van der Waals surface area (Å²) in [6.45, 7) is 5.90. The zero-order chi connectivity index (χ0) is 15.4. The number of aryl methyl sites for hydroxylation is 1. The Bertz CT molecular complexity index is 515. The van der Waals surface area contributed by atoms with E-state index in [0.717, 1.165) is 35.1 Å². The summed E-state index contributed by atoms with van der Waals surface area (Å²) in [5.74, 6) is 1.29. The Morgan fingerprint density at radius 2 is 1.91 bits per heavy atom. The fraction of sp³-hybridized carbons (Fsp3) is 0.722. The average molecular weight is 354 g/mol. The van der Waals surface area contributed by atoms with E-state index in [2.05, 4.69) is 21.8 Å². The van der Waals surface area contributed by atoms with E-state index in [1.807, 2.05) is 6.20 Å². The minimum Gasteiger partial charge on any atom is -0.303 e. The number of halogens is 1. The fourth-order valence-corrected chi connectivity index (χ4v) is 4.35. The van der Waals surface area contributed by atoms with Gasteiger partial charge < -0.3 is 4.90 Å². The summed E-state index contributed by atoms with van der Waals surface area (Å²) in [4.78, 5) is 12.8. The molecule has 1 aromatic heterocycles. The summed E-state index contributed by atoms with van der Waals surface area (Å²) < 4.78 is 0. The number of fused-ring (bicyclic) bond motifs is 3. The van der Waals surface area contributed by atoms with Gasteiger partial charge in [0.1, 0.15) is 0 Å². The van der Waals surface area contributed by atoms with Crippen LogP contribution in [0, 0.1) is 11.8 Å². The highest BCUT2D eigenvalue weighted by molar-refractivity contribution is 7.80. The Balaban J connectivity index is 0.00000192. The van der Waals surface area contributed by atoms with Gasteiger partial charge >= 0.3 is 0 Å². The smallest absolute Gasteiger partial charge is 0.0987 e. The molecule has 2 bridgehead atoms. The Hall–Kier alpha value is -0.580. The number of nitrogens with zero attached hydrogens (tertiary/aromatic N) is 3. The minimum absolute atomic E-state index is 0. The average Bonchev–Trinajstić information content (AvgIpc) is 2.59. The highest BCUT2D eigenvalue weighted by Crippen LogP contribution is 2.34.